The Hall–Kier alpha value is -3.27. The maximum atomic E-state index is 14.4. The van der Waals surface area contributed by atoms with Crippen molar-refractivity contribution in [3.63, 3.8) is 0 Å². The molecule has 1 amide bonds. The van der Waals surface area contributed by atoms with Gasteiger partial charge in [0.15, 0.2) is 5.75 Å². The van der Waals surface area contributed by atoms with Crippen LogP contribution in [0.25, 0.3) is 0 Å². The molecule has 1 fully saturated rings. The Labute approximate surface area is 232 Å². The number of aryl methyl sites for hydroxylation is 1. The molecular formula is C28H34ClN3O7. The predicted octanol–water partition coefficient (Wildman–Crippen LogP) is 4.59. The Morgan fingerprint density at radius 2 is 1.72 bits per heavy atom. The van der Waals surface area contributed by atoms with E-state index >= 15 is 0 Å². The lowest BCUT2D eigenvalue weighted by Gasteiger charge is -2.37. The minimum atomic E-state index is -1.78. The van der Waals surface area contributed by atoms with Crippen molar-refractivity contribution >= 4 is 29.3 Å². The minimum Gasteiger partial charge on any atom is -0.496 e. The van der Waals surface area contributed by atoms with Gasteiger partial charge in [0.1, 0.15) is 27.7 Å². The molecule has 0 saturated carbocycles. The molecule has 2 unspecified atom stereocenters. The molecule has 1 aliphatic carbocycles. The normalized spacial score (nSPS) is 23.0. The van der Waals surface area contributed by atoms with Crippen LogP contribution in [-0.2, 0) is 18.2 Å². The molecule has 0 bridgehead atoms. The number of piperidine rings is 1. The summed E-state index contributed by atoms with van der Waals surface area (Å²) in [6.45, 7) is 8.31. The summed E-state index contributed by atoms with van der Waals surface area (Å²) in [6.07, 6.45) is 1.29. The van der Waals surface area contributed by atoms with Crippen LogP contribution in [0.2, 0.25) is 5.02 Å². The van der Waals surface area contributed by atoms with Crippen molar-refractivity contribution in [1.29, 1.82) is 0 Å². The Balaban J connectivity index is 1.49. The van der Waals surface area contributed by atoms with Crippen LogP contribution in [0.1, 0.15) is 78.6 Å². The van der Waals surface area contributed by atoms with Gasteiger partial charge >= 0.3 is 6.09 Å². The van der Waals surface area contributed by atoms with Crippen molar-refractivity contribution in [1.82, 2.24) is 14.7 Å². The topological polar surface area (TPSA) is 109 Å². The molecule has 0 radical (unpaired) electrons. The van der Waals surface area contributed by atoms with E-state index in [4.69, 9.17) is 35.6 Å². The molecule has 1 aromatic heterocycles. The molecule has 3 heterocycles. The van der Waals surface area contributed by atoms with Crippen molar-refractivity contribution in [2.45, 2.75) is 64.1 Å². The van der Waals surface area contributed by atoms with Gasteiger partial charge in [-0.05, 0) is 40.0 Å². The van der Waals surface area contributed by atoms with Crippen LogP contribution in [0.5, 0.6) is 17.2 Å². The predicted molar refractivity (Wildman–Crippen MR) is 142 cm³/mol. The first-order valence-corrected chi connectivity index (χ1v) is 13.5. The molecule has 10 nitrogen and oxygen atoms in total. The van der Waals surface area contributed by atoms with Crippen molar-refractivity contribution in [3.8, 4) is 17.2 Å². The van der Waals surface area contributed by atoms with Crippen LogP contribution in [0.15, 0.2) is 6.07 Å². The lowest BCUT2D eigenvalue weighted by molar-refractivity contribution is 0.0197. The highest BCUT2D eigenvalue weighted by molar-refractivity contribution is 6.36. The molecule has 1 saturated heterocycles. The first-order valence-electron chi connectivity index (χ1n) is 13.1. The molecule has 2 aliphatic heterocycles. The summed E-state index contributed by atoms with van der Waals surface area (Å²) in [5, 5.41) is 4.81. The highest BCUT2D eigenvalue weighted by Gasteiger charge is 2.63. The van der Waals surface area contributed by atoms with Gasteiger partial charge in [-0.25, -0.2) is 4.79 Å². The van der Waals surface area contributed by atoms with Crippen LogP contribution >= 0.6 is 11.6 Å². The number of halogens is 1. The number of ketones is 2. The third-order valence-corrected chi connectivity index (χ3v) is 8.23. The zero-order valence-corrected chi connectivity index (χ0v) is 24.1. The fourth-order valence-corrected chi connectivity index (χ4v) is 6.30. The van der Waals surface area contributed by atoms with E-state index in [1.807, 2.05) is 34.7 Å². The summed E-state index contributed by atoms with van der Waals surface area (Å²) in [4.78, 5) is 42.7. The lowest BCUT2D eigenvalue weighted by Crippen LogP contribution is -2.56. The molecule has 2 aromatic rings. The average molecular weight is 560 g/mol. The van der Waals surface area contributed by atoms with E-state index in [1.54, 1.807) is 9.58 Å². The van der Waals surface area contributed by atoms with E-state index < -0.39 is 28.7 Å². The zero-order valence-electron chi connectivity index (χ0n) is 23.3. The lowest BCUT2D eigenvalue weighted by atomic mass is 9.70. The number of hydrogen-bond acceptors (Lipinski definition) is 8. The van der Waals surface area contributed by atoms with Crippen molar-refractivity contribution in [2.24, 2.45) is 13.0 Å². The van der Waals surface area contributed by atoms with Crippen LogP contribution in [0.4, 0.5) is 4.79 Å². The second-order valence-electron chi connectivity index (χ2n) is 11.5. The monoisotopic (exact) mass is 559 g/mol. The Morgan fingerprint density at radius 3 is 2.31 bits per heavy atom. The standard InChI is InChI=1S/C28H34ClN3O7/c1-14-12-16-19(22(31(5)30-16)15-8-10-32(11-9-15)26(35)39-27(2,3)4)24(33)28(14)25(34)20-17(36-6)13-18(37-7)21(29)23(20)38-28/h13-15H,8-12H2,1-7H3. The molecular weight excluding hydrogens is 526 g/mol. The highest BCUT2D eigenvalue weighted by Crippen LogP contribution is 2.54. The third-order valence-electron chi connectivity index (χ3n) is 7.87. The maximum Gasteiger partial charge on any atom is 0.410 e. The van der Waals surface area contributed by atoms with Crippen molar-refractivity contribution in [3.05, 3.63) is 33.6 Å². The van der Waals surface area contributed by atoms with Gasteiger partial charge in [-0.15, -0.1) is 0 Å². The smallest absolute Gasteiger partial charge is 0.410 e. The maximum absolute atomic E-state index is 14.4. The quantitative estimate of drug-likeness (QED) is 0.502. The molecule has 3 aliphatic rings. The SMILES string of the molecule is COc1cc(OC)c2c(c1Cl)OC1(C2=O)C(=O)c2c(nn(C)c2C2CCN(C(=O)OC(C)(C)C)CC2)CC1C. The van der Waals surface area contributed by atoms with E-state index in [9.17, 15) is 14.4 Å². The van der Waals surface area contributed by atoms with Gasteiger partial charge in [-0.1, -0.05) is 18.5 Å². The Kier molecular flexibility index (Phi) is 6.60. The van der Waals surface area contributed by atoms with Gasteiger partial charge in [-0.3, -0.25) is 14.3 Å². The van der Waals surface area contributed by atoms with Crippen molar-refractivity contribution < 1.29 is 33.3 Å². The number of benzene rings is 1. The first-order chi connectivity index (χ1) is 18.3. The summed E-state index contributed by atoms with van der Waals surface area (Å²) in [7, 11) is 4.71. The number of ether oxygens (including phenoxy) is 4. The number of hydrogen-bond donors (Lipinski definition) is 0. The van der Waals surface area contributed by atoms with Crippen LogP contribution in [0, 0.1) is 5.92 Å². The number of rotatable bonds is 3. The molecule has 5 rings (SSSR count). The molecule has 11 heteroatoms. The van der Waals surface area contributed by atoms with Gasteiger partial charge in [0, 0.05) is 38.0 Å². The van der Waals surface area contributed by atoms with E-state index in [1.165, 1.54) is 20.3 Å². The third kappa shape index (κ3) is 4.15. The molecule has 210 valence electrons. The van der Waals surface area contributed by atoms with Gasteiger partial charge in [-0.2, -0.15) is 5.10 Å². The average Bonchev–Trinajstić information content (AvgIpc) is 3.37. The molecule has 0 N–H and O–H groups in total. The number of likely N-dealkylation sites (tertiary alicyclic amines) is 1. The summed E-state index contributed by atoms with van der Waals surface area (Å²) >= 11 is 6.56. The van der Waals surface area contributed by atoms with E-state index in [2.05, 4.69) is 0 Å². The summed E-state index contributed by atoms with van der Waals surface area (Å²) in [5.41, 5.74) is -0.389. The first kappa shape index (κ1) is 27.3. The number of methoxy groups -OCH3 is 2. The van der Waals surface area contributed by atoms with Crippen molar-refractivity contribution in [2.75, 3.05) is 27.3 Å². The number of carbonyl (C=O) groups is 3. The fraction of sp³-hybridized carbons (Fsp3) is 0.571. The fourth-order valence-electron chi connectivity index (χ4n) is 6.03. The van der Waals surface area contributed by atoms with E-state index in [0.717, 1.165) is 5.69 Å². The van der Waals surface area contributed by atoms with Gasteiger partial charge in [0.2, 0.25) is 17.2 Å². The van der Waals surface area contributed by atoms with Gasteiger partial charge in [0.25, 0.3) is 0 Å². The van der Waals surface area contributed by atoms with Crippen LogP contribution < -0.4 is 14.2 Å². The number of fused-ring (bicyclic) bond motifs is 2. The van der Waals surface area contributed by atoms with Gasteiger partial charge in [0.05, 0.1) is 31.2 Å². The number of aromatic nitrogens is 2. The Bertz CT molecular complexity index is 1370. The molecule has 2 atom stereocenters. The summed E-state index contributed by atoms with van der Waals surface area (Å²) in [5.74, 6) is -0.814. The van der Waals surface area contributed by atoms with E-state index in [0.29, 0.717) is 43.6 Å². The van der Waals surface area contributed by atoms with E-state index in [-0.39, 0.29) is 39.8 Å². The van der Waals surface area contributed by atoms with Crippen LogP contribution in [-0.4, -0.2) is 70.9 Å². The second-order valence-corrected chi connectivity index (χ2v) is 11.9. The number of Topliss-reactive ketones (excluding diaryl/α,β-unsaturated/α-hetero) is 2. The highest BCUT2D eigenvalue weighted by atomic mass is 35.5. The largest absolute Gasteiger partial charge is 0.496 e. The minimum absolute atomic E-state index is 0.0311. The molecule has 1 spiro atoms. The number of carbonyl (C=O) groups excluding carboxylic acids is 3. The number of nitrogens with zero attached hydrogens (tertiary/aromatic N) is 3. The van der Waals surface area contributed by atoms with Crippen LogP contribution in [0.3, 0.4) is 0 Å². The zero-order chi connectivity index (χ0) is 28.4. The summed E-state index contributed by atoms with van der Waals surface area (Å²) < 4.78 is 24.4. The summed E-state index contributed by atoms with van der Waals surface area (Å²) in [6, 6.07) is 1.53. The molecule has 39 heavy (non-hydrogen) atoms. The molecule has 1 aromatic carbocycles. The van der Waals surface area contributed by atoms with Gasteiger partial charge < -0.3 is 23.8 Å². The second kappa shape index (κ2) is 9.43. The number of amides is 1. The Morgan fingerprint density at radius 1 is 1.10 bits per heavy atom.